The Morgan fingerprint density at radius 3 is 2.76 bits per heavy atom. The van der Waals surface area contributed by atoms with Crippen LogP contribution in [0.1, 0.15) is 16.8 Å². The van der Waals surface area contributed by atoms with Crippen LogP contribution in [0.4, 0.5) is 4.39 Å². The van der Waals surface area contributed by atoms with Crippen molar-refractivity contribution >= 4 is 16.6 Å². The molecular formula is C30H29FN6O. The number of aryl methyl sites for hydroxylation is 1. The summed E-state index contributed by atoms with van der Waals surface area (Å²) >= 11 is 0. The fraction of sp³-hybridized carbons (Fsp3) is 0.167. The Morgan fingerprint density at radius 2 is 2.00 bits per heavy atom. The van der Waals surface area contributed by atoms with Gasteiger partial charge in [-0.25, -0.2) is 9.37 Å². The Kier molecular flexibility index (Phi) is 7.15. The number of H-pyrrole nitrogens is 2. The number of rotatable bonds is 9. The second kappa shape index (κ2) is 10.8. The molecule has 0 saturated carbocycles. The number of hydrogen-bond acceptors (Lipinski definition) is 5. The Hall–Kier alpha value is -4.56. The SMILES string of the molecule is C=C/C=C(/c1cc(F)cc(OCCN(C)C)c1)c1cc(-c2[nH]nc3ncc(-c4cccnc4)cc23)[nH]c1C. The van der Waals surface area contributed by atoms with Crippen LogP contribution in [0.3, 0.4) is 0 Å². The van der Waals surface area contributed by atoms with Gasteiger partial charge in [-0.05, 0) is 62.5 Å². The summed E-state index contributed by atoms with van der Waals surface area (Å²) in [6, 6.07) is 12.8. The zero-order valence-electron chi connectivity index (χ0n) is 21.6. The lowest BCUT2D eigenvalue weighted by Gasteiger charge is -2.13. The van der Waals surface area contributed by atoms with Crippen LogP contribution in [-0.4, -0.2) is 57.3 Å². The molecule has 0 radical (unpaired) electrons. The van der Waals surface area contributed by atoms with Gasteiger partial charge in [0.15, 0.2) is 5.65 Å². The summed E-state index contributed by atoms with van der Waals surface area (Å²) in [5, 5.41) is 8.41. The molecule has 0 aliphatic heterocycles. The molecule has 5 rings (SSSR count). The van der Waals surface area contributed by atoms with Crippen molar-refractivity contribution in [3.8, 4) is 28.3 Å². The third-order valence-corrected chi connectivity index (χ3v) is 6.25. The van der Waals surface area contributed by atoms with E-state index in [1.165, 1.54) is 12.1 Å². The number of nitrogens with zero attached hydrogens (tertiary/aromatic N) is 4. The molecule has 0 atom stereocenters. The molecule has 0 amide bonds. The van der Waals surface area contributed by atoms with Crippen molar-refractivity contribution < 1.29 is 9.13 Å². The van der Waals surface area contributed by atoms with Crippen molar-refractivity contribution in [3.63, 3.8) is 0 Å². The topological polar surface area (TPSA) is 82.7 Å². The summed E-state index contributed by atoms with van der Waals surface area (Å²) in [6.07, 6.45) is 8.93. The van der Waals surface area contributed by atoms with Crippen molar-refractivity contribution in [3.05, 3.63) is 102 Å². The van der Waals surface area contributed by atoms with Crippen LogP contribution in [0.25, 0.3) is 39.1 Å². The van der Waals surface area contributed by atoms with Crippen molar-refractivity contribution in [2.45, 2.75) is 6.92 Å². The van der Waals surface area contributed by atoms with Gasteiger partial charge in [-0.2, -0.15) is 5.10 Å². The summed E-state index contributed by atoms with van der Waals surface area (Å²) in [5.41, 5.74) is 7.58. The van der Waals surface area contributed by atoms with Gasteiger partial charge < -0.3 is 14.6 Å². The second-order valence-corrected chi connectivity index (χ2v) is 9.30. The Morgan fingerprint density at radius 1 is 1.13 bits per heavy atom. The Labute approximate surface area is 220 Å². The van der Waals surface area contributed by atoms with Crippen molar-refractivity contribution in [2.24, 2.45) is 0 Å². The largest absolute Gasteiger partial charge is 0.492 e. The molecule has 7 nitrogen and oxygen atoms in total. The maximum atomic E-state index is 14.6. The van der Waals surface area contributed by atoms with Gasteiger partial charge in [0.25, 0.3) is 0 Å². The molecular weight excluding hydrogens is 479 g/mol. The highest BCUT2D eigenvalue weighted by molar-refractivity contribution is 5.94. The standard InChI is InChI=1S/C30H29FN6O/c1-5-7-25(21-12-23(31)15-24(13-21)38-11-10-37(3)4)26-16-28(34-19(26)2)29-27-14-22(18-33-30(27)36-35-29)20-8-6-9-32-17-20/h5-9,12-18,34H,1,10-11H2,2-4H3,(H,33,35,36)/b25-7-. The number of fused-ring (bicyclic) bond motifs is 1. The lowest BCUT2D eigenvalue weighted by Crippen LogP contribution is -2.19. The summed E-state index contributed by atoms with van der Waals surface area (Å²) in [5.74, 6) is 0.123. The van der Waals surface area contributed by atoms with Gasteiger partial charge in [0.1, 0.15) is 18.2 Å². The molecule has 0 fully saturated rings. The fourth-order valence-corrected chi connectivity index (χ4v) is 4.38. The van der Waals surface area contributed by atoms with Crippen molar-refractivity contribution in [1.29, 1.82) is 0 Å². The molecule has 8 heteroatoms. The molecule has 0 saturated heterocycles. The van der Waals surface area contributed by atoms with E-state index >= 15 is 0 Å². The van der Waals surface area contributed by atoms with E-state index in [0.29, 0.717) is 23.6 Å². The van der Waals surface area contributed by atoms with E-state index in [0.717, 1.165) is 51.3 Å². The van der Waals surface area contributed by atoms with E-state index in [2.05, 4.69) is 37.8 Å². The number of nitrogens with one attached hydrogen (secondary N) is 2. The molecule has 0 aliphatic rings. The number of pyridine rings is 2. The predicted octanol–water partition coefficient (Wildman–Crippen LogP) is 6.02. The highest BCUT2D eigenvalue weighted by Crippen LogP contribution is 2.35. The molecule has 0 unspecified atom stereocenters. The third-order valence-electron chi connectivity index (χ3n) is 6.25. The minimum Gasteiger partial charge on any atom is -0.492 e. The first-order chi connectivity index (χ1) is 18.4. The molecule has 2 N–H and O–H groups in total. The number of aromatic amines is 2. The van der Waals surface area contributed by atoms with Crippen LogP contribution in [0.5, 0.6) is 5.75 Å². The summed E-state index contributed by atoms with van der Waals surface area (Å²) < 4.78 is 20.5. The fourth-order valence-electron chi connectivity index (χ4n) is 4.38. The van der Waals surface area contributed by atoms with E-state index in [1.807, 2.05) is 62.5 Å². The summed E-state index contributed by atoms with van der Waals surface area (Å²) in [6.45, 7) is 7.07. The highest BCUT2D eigenvalue weighted by atomic mass is 19.1. The number of halogens is 1. The second-order valence-electron chi connectivity index (χ2n) is 9.30. The van der Waals surface area contributed by atoms with Crippen molar-refractivity contribution in [2.75, 3.05) is 27.2 Å². The van der Waals surface area contributed by atoms with Gasteiger partial charge in [0.2, 0.25) is 0 Å². The normalized spacial score (nSPS) is 11.9. The molecule has 192 valence electrons. The van der Waals surface area contributed by atoms with E-state index in [9.17, 15) is 4.39 Å². The third kappa shape index (κ3) is 5.26. The van der Waals surface area contributed by atoms with E-state index in [1.54, 1.807) is 18.5 Å². The first-order valence-corrected chi connectivity index (χ1v) is 12.3. The molecule has 38 heavy (non-hydrogen) atoms. The van der Waals surface area contributed by atoms with E-state index in [-0.39, 0.29) is 5.82 Å². The monoisotopic (exact) mass is 508 g/mol. The van der Waals surface area contributed by atoms with E-state index < -0.39 is 0 Å². The summed E-state index contributed by atoms with van der Waals surface area (Å²) in [4.78, 5) is 14.2. The van der Waals surface area contributed by atoms with Crippen LogP contribution >= 0.6 is 0 Å². The van der Waals surface area contributed by atoms with Gasteiger partial charge in [-0.1, -0.05) is 24.8 Å². The van der Waals surface area contributed by atoms with Crippen LogP contribution in [0, 0.1) is 12.7 Å². The Bertz CT molecular complexity index is 1620. The van der Waals surface area contributed by atoms with Gasteiger partial charge in [-0.3, -0.25) is 10.1 Å². The first kappa shape index (κ1) is 25.1. The highest BCUT2D eigenvalue weighted by Gasteiger charge is 2.17. The van der Waals surface area contributed by atoms with Crippen molar-refractivity contribution in [1.82, 2.24) is 30.0 Å². The summed E-state index contributed by atoms with van der Waals surface area (Å²) in [7, 11) is 3.94. The van der Waals surface area contributed by atoms with Gasteiger partial charge in [0.05, 0.1) is 11.4 Å². The Balaban J connectivity index is 1.53. The minimum absolute atomic E-state index is 0.362. The number of allylic oxidation sites excluding steroid dienone is 2. The quantitative estimate of drug-likeness (QED) is 0.238. The van der Waals surface area contributed by atoms with Crippen LogP contribution in [0.2, 0.25) is 0 Å². The lowest BCUT2D eigenvalue weighted by molar-refractivity contribution is 0.260. The lowest BCUT2D eigenvalue weighted by atomic mass is 9.97. The zero-order chi connectivity index (χ0) is 26.6. The molecule has 5 aromatic rings. The molecule has 1 aromatic carbocycles. The van der Waals surface area contributed by atoms with Gasteiger partial charge in [-0.15, -0.1) is 0 Å². The number of likely N-dealkylation sites (N-methyl/N-ethyl adjacent to an activating group) is 1. The minimum atomic E-state index is -0.362. The number of hydrogen-bond donors (Lipinski definition) is 2. The van der Waals surface area contributed by atoms with E-state index in [4.69, 9.17) is 4.74 Å². The van der Waals surface area contributed by atoms with Crippen LogP contribution in [0.15, 0.2) is 79.8 Å². The molecule has 4 heterocycles. The molecule has 0 aliphatic carbocycles. The van der Waals surface area contributed by atoms with Gasteiger partial charge >= 0.3 is 0 Å². The average molecular weight is 509 g/mol. The number of benzene rings is 1. The molecule has 0 spiro atoms. The predicted molar refractivity (Wildman–Crippen MR) is 149 cm³/mol. The number of aromatic nitrogens is 5. The molecule has 4 aromatic heterocycles. The van der Waals surface area contributed by atoms with Crippen LogP contribution < -0.4 is 4.74 Å². The number of ether oxygens (including phenoxy) is 1. The molecule has 0 bridgehead atoms. The zero-order valence-corrected chi connectivity index (χ0v) is 21.6. The smallest absolute Gasteiger partial charge is 0.181 e. The maximum absolute atomic E-state index is 14.6. The first-order valence-electron chi connectivity index (χ1n) is 12.3. The maximum Gasteiger partial charge on any atom is 0.181 e. The van der Waals surface area contributed by atoms with Crippen LogP contribution in [-0.2, 0) is 0 Å². The average Bonchev–Trinajstić information content (AvgIpc) is 3.50. The van der Waals surface area contributed by atoms with Gasteiger partial charge in [0, 0.05) is 59.0 Å².